The number of anilines is 1. The van der Waals surface area contributed by atoms with E-state index in [1.165, 1.54) is 0 Å². The zero-order valence-corrected chi connectivity index (χ0v) is 16.1. The number of allylic oxidation sites excluding steroid dienone is 1. The van der Waals surface area contributed by atoms with Gasteiger partial charge in [-0.15, -0.1) is 0 Å². The number of carbonyl (C=O) groups excluding carboxylic acids is 2. The van der Waals surface area contributed by atoms with E-state index in [2.05, 4.69) is 25.8 Å². The second kappa shape index (κ2) is 6.96. The fourth-order valence-corrected chi connectivity index (χ4v) is 4.42. The largest absolute Gasteiger partial charge is 0.366 e. The van der Waals surface area contributed by atoms with Gasteiger partial charge in [0, 0.05) is 38.2 Å². The molecule has 2 atom stereocenters. The van der Waals surface area contributed by atoms with Crippen molar-refractivity contribution in [2.45, 2.75) is 43.3 Å². The van der Waals surface area contributed by atoms with Crippen LogP contribution in [0.4, 0.5) is 19.4 Å². The third kappa shape index (κ3) is 3.35. The number of fused-ring (bicyclic) bond motifs is 3. The number of alkyl halides is 2. The molecule has 4 heterocycles. The lowest BCUT2D eigenvalue weighted by molar-refractivity contribution is -0.130. The number of carbonyl (C=O) groups is 2. The molecule has 1 unspecified atom stereocenters. The van der Waals surface area contributed by atoms with Crippen LogP contribution in [0.1, 0.15) is 19.3 Å². The van der Waals surface area contributed by atoms with Gasteiger partial charge in [-0.25, -0.2) is 18.6 Å². The molecular weight excluding hydrogens is 394 g/mol. The van der Waals surface area contributed by atoms with E-state index in [0.717, 1.165) is 18.7 Å². The molecular formula is C20H22F2N6O2. The molecule has 1 saturated carbocycles. The van der Waals surface area contributed by atoms with Gasteiger partial charge in [0.1, 0.15) is 17.7 Å². The van der Waals surface area contributed by atoms with Crippen LogP contribution in [-0.4, -0.2) is 63.9 Å². The number of amides is 3. The van der Waals surface area contributed by atoms with Gasteiger partial charge < -0.3 is 15.5 Å². The highest BCUT2D eigenvalue weighted by Gasteiger charge is 2.47. The average molecular weight is 416 g/mol. The summed E-state index contributed by atoms with van der Waals surface area (Å²) in [4.78, 5) is 33.6. The van der Waals surface area contributed by atoms with Crippen LogP contribution in [0.5, 0.6) is 0 Å². The zero-order chi connectivity index (χ0) is 20.9. The van der Waals surface area contributed by atoms with Crippen molar-refractivity contribution in [1.29, 1.82) is 0 Å². The van der Waals surface area contributed by atoms with E-state index in [-0.39, 0.29) is 30.8 Å². The number of urea groups is 1. The van der Waals surface area contributed by atoms with Gasteiger partial charge in [-0.05, 0) is 24.6 Å². The Morgan fingerprint density at radius 1 is 1.27 bits per heavy atom. The van der Waals surface area contributed by atoms with Gasteiger partial charge in [0.15, 0.2) is 0 Å². The highest BCUT2D eigenvalue weighted by atomic mass is 19.3. The third-order valence-corrected chi connectivity index (χ3v) is 5.93. The maximum Gasteiger partial charge on any atom is 0.328 e. The first kappa shape index (κ1) is 18.8. The summed E-state index contributed by atoms with van der Waals surface area (Å²) in [5, 5.41) is 8.61. The van der Waals surface area contributed by atoms with Crippen molar-refractivity contribution in [1.82, 2.24) is 25.4 Å². The van der Waals surface area contributed by atoms with Gasteiger partial charge in [0.25, 0.3) is 5.92 Å². The van der Waals surface area contributed by atoms with Gasteiger partial charge in [-0.1, -0.05) is 12.1 Å². The van der Waals surface area contributed by atoms with Crippen molar-refractivity contribution in [3.8, 4) is 0 Å². The van der Waals surface area contributed by atoms with Crippen LogP contribution >= 0.6 is 0 Å². The van der Waals surface area contributed by atoms with E-state index in [4.69, 9.17) is 0 Å². The Kier molecular flexibility index (Phi) is 4.37. The minimum absolute atomic E-state index is 0.0273. The van der Waals surface area contributed by atoms with E-state index in [9.17, 15) is 18.4 Å². The van der Waals surface area contributed by atoms with E-state index in [0.29, 0.717) is 18.2 Å². The molecule has 3 N–H and O–H groups in total. The van der Waals surface area contributed by atoms with Gasteiger partial charge in [-0.2, -0.15) is 0 Å². The molecule has 30 heavy (non-hydrogen) atoms. The molecule has 2 fully saturated rings. The fourth-order valence-electron chi connectivity index (χ4n) is 4.42. The number of halogens is 2. The summed E-state index contributed by atoms with van der Waals surface area (Å²) in [5.74, 6) is -2.08. The molecule has 1 aromatic heterocycles. The maximum absolute atomic E-state index is 13.1. The summed E-state index contributed by atoms with van der Waals surface area (Å²) < 4.78 is 26.1. The quantitative estimate of drug-likeness (QED) is 0.697. The molecule has 8 nitrogen and oxygen atoms in total. The van der Waals surface area contributed by atoms with Crippen LogP contribution in [0.3, 0.4) is 0 Å². The highest BCUT2D eigenvalue weighted by molar-refractivity contribution is 5.91. The van der Waals surface area contributed by atoms with E-state index >= 15 is 0 Å². The summed E-state index contributed by atoms with van der Waals surface area (Å²) in [6, 6.07) is 3.65. The summed E-state index contributed by atoms with van der Waals surface area (Å²) in [5.41, 5.74) is 0.846. The minimum atomic E-state index is -2.69. The smallest absolute Gasteiger partial charge is 0.328 e. The van der Waals surface area contributed by atoms with Crippen LogP contribution in [0, 0.1) is 0 Å². The lowest BCUT2D eigenvalue weighted by Crippen LogP contribution is -2.58. The van der Waals surface area contributed by atoms with Gasteiger partial charge in [0.05, 0.1) is 11.7 Å². The zero-order valence-electron chi connectivity index (χ0n) is 16.1. The lowest BCUT2D eigenvalue weighted by Gasteiger charge is -2.41. The first-order valence-corrected chi connectivity index (χ1v) is 10.0. The van der Waals surface area contributed by atoms with Crippen LogP contribution in [0.2, 0.25) is 0 Å². The lowest BCUT2D eigenvalue weighted by atomic mass is 9.88. The minimum Gasteiger partial charge on any atom is -0.366 e. The third-order valence-electron chi connectivity index (χ3n) is 5.93. The number of rotatable bonds is 3. The first-order valence-electron chi connectivity index (χ1n) is 10.0. The topological polar surface area (TPSA) is 89.6 Å². The van der Waals surface area contributed by atoms with Crippen LogP contribution in [0.15, 0.2) is 48.1 Å². The Labute approximate surface area is 172 Å². The predicted octanol–water partition coefficient (Wildman–Crippen LogP) is 1.61. The second-order valence-corrected chi connectivity index (χ2v) is 8.09. The summed E-state index contributed by atoms with van der Waals surface area (Å²) >= 11 is 0. The van der Waals surface area contributed by atoms with Gasteiger partial charge >= 0.3 is 6.03 Å². The number of hydrogen-bond acceptors (Lipinski definition) is 5. The van der Waals surface area contributed by atoms with Crippen molar-refractivity contribution >= 4 is 17.8 Å². The van der Waals surface area contributed by atoms with E-state index < -0.39 is 18.0 Å². The fraction of sp³-hybridized carbons (Fsp3) is 0.450. The molecule has 5 rings (SSSR count). The Balaban J connectivity index is 1.32. The standard InChI is InChI=1S/C20H22F2N6O2/c21-20(22)9-12(10-20)24-18(29)14-4-5-15-17(25-14)28(13-6-8-27(15)11-13)19(30)26-16-3-1-2-7-23-16/h1-5,7,12-14,25H,6,8-11H2,(H,24,29)(H,23,26,30)/t13-,14?/m0/s1. The molecule has 3 amide bonds. The number of hydrogen-bond donors (Lipinski definition) is 3. The summed E-state index contributed by atoms with van der Waals surface area (Å²) in [7, 11) is 0. The molecule has 10 heteroatoms. The van der Waals surface area contributed by atoms with Crippen molar-refractivity contribution in [3.63, 3.8) is 0 Å². The molecule has 1 aromatic rings. The number of nitrogens with one attached hydrogen (secondary N) is 3. The number of pyridine rings is 1. The van der Waals surface area contributed by atoms with Crippen molar-refractivity contribution in [3.05, 3.63) is 48.1 Å². The van der Waals surface area contributed by atoms with Crippen molar-refractivity contribution in [2.24, 2.45) is 0 Å². The Morgan fingerprint density at radius 2 is 2.10 bits per heavy atom. The number of aromatic nitrogens is 1. The molecule has 1 aliphatic carbocycles. The van der Waals surface area contributed by atoms with E-state index in [1.54, 1.807) is 35.4 Å². The van der Waals surface area contributed by atoms with Gasteiger partial charge in [0.2, 0.25) is 5.91 Å². The molecule has 158 valence electrons. The Morgan fingerprint density at radius 3 is 2.83 bits per heavy atom. The van der Waals surface area contributed by atoms with Gasteiger partial charge in [-0.3, -0.25) is 15.0 Å². The summed E-state index contributed by atoms with van der Waals surface area (Å²) in [6.45, 7) is 1.53. The van der Waals surface area contributed by atoms with Crippen molar-refractivity contribution in [2.75, 3.05) is 18.4 Å². The van der Waals surface area contributed by atoms with E-state index in [1.807, 2.05) is 6.08 Å². The molecule has 2 bridgehead atoms. The number of nitrogens with zero attached hydrogens (tertiary/aromatic N) is 3. The van der Waals surface area contributed by atoms with Crippen molar-refractivity contribution < 1.29 is 18.4 Å². The Bertz CT molecular complexity index is 926. The SMILES string of the molecule is O=C(NC1CC(F)(F)C1)C1C=CC2=C(N1)N(C(=O)Nc1ccccn1)[C@H]1CCN2C1. The number of dihydropyridines is 1. The molecule has 0 aromatic carbocycles. The van der Waals surface area contributed by atoms with Crippen LogP contribution in [-0.2, 0) is 4.79 Å². The highest BCUT2D eigenvalue weighted by Crippen LogP contribution is 2.37. The Hall–Kier alpha value is -3.17. The molecule has 4 aliphatic rings. The first-order chi connectivity index (χ1) is 14.4. The van der Waals surface area contributed by atoms with Crippen LogP contribution < -0.4 is 16.0 Å². The molecule has 0 radical (unpaired) electrons. The molecule has 3 aliphatic heterocycles. The molecule has 0 spiro atoms. The second-order valence-electron chi connectivity index (χ2n) is 8.09. The predicted molar refractivity (Wildman–Crippen MR) is 104 cm³/mol. The monoisotopic (exact) mass is 416 g/mol. The maximum atomic E-state index is 13.1. The summed E-state index contributed by atoms with van der Waals surface area (Å²) in [6.07, 6.45) is 5.27. The molecule has 1 saturated heterocycles. The normalized spacial score (nSPS) is 26.6. The van der Waals surface area contributed by atoms with Crippen LogP contribution in [0.25, 0.3) is 0 Å². The average Bonchev–Trinajstić information content (AvgIpc) is 3.11.